The summed E-state index contributed by atoms with van der Waals surface area (Å²) in [5.41, 5.74) is 3.86. The molecule has 2 aliphatic carbocycles. The normalized spacial score (nSPS) is 37.9. The molecule has 0 amide bonds. The molecule has 4 unspecified atom stereocenters. The Morgan fingerprint density at radius 1 is 1.23 bits per heavy atom. The molecule has 4 atom stereocenters. The number of rotatable bonds is 5. The minimum absolute atomic E-state index is 0.191. The van der Waals surface area contributed by atoms with Crippen LogP contribution < -0.4 is 0 Å². The van der Waals surface area contributed by atoms with Gasteiger partial charge in [0.1, 0.15) is 0 Å². The van der Waals surface area contributed by atoms with Crippen molar-refractivity contribution in [3.63, 3.8) is 0 Å². The first kappa shape index (κ1) is 18.5. The molecular weight excluding hydrogens is 334 g/mol. The molecule has 4 rings (SSSR count). The molecule has 142 valence electrons. The van der Waals surface area contributed by atoms with E-state index in [-0.39, 0.29) is 11.0 Å². The molecule has 0 aromatic carbocycles. The summed E-state index contributed by atoms with van der Waals surface area (Å²) in [5.74, 6) is 1.50. The van der Waals surface area contributed by atoms with E-state index in [0.29, 0.717) is 6.04 Å². The van der Waals surface area contributed by atoms with Crippen molar-refractivity contribution in [1.29, 1.82) is 0 Å². The molecule has 1 nitrogen and oxygen atoms in total. The van der Waals surface area contributed by atoms with Gasteiger partial charge in [0, 0.05) is 16.5 Å². The standard InChI is InChI=1S/C24H35NS/c1-6-23-12-13-24(23,7-2)25-16-22(26-5)18(14-17(3)4)15-21(25)19-10-8-9-11-20(19)23/h9,11-13,16-18,21H,6-8,10,14-15H2,1-5H3. The van der Waals surface area contributed by atoms with Gasteiger partial charge in [-0.3, -0.25) is 0 Å². The van der Waals surface area contributed by atoms with E-state index < -0.39 is 0 Å². The van der Waals surface area contributed by atoms with Crippen LogP contribution in [0.2, 0.25) is 0 Å². The van der Waals surface area contributed by atoms with Gasteiger partial charge in [-0.15, -0.1) is 11.8 Å². The average Bonchev–Trinajstić information content (AvgIpc) is 2.62. The summed E-state index contributed by atoms with van der Waals surface area (Å²) >= 11 is 1.99. The number of hydrogen-bond acceptors (Lipinski definition) is 2. The van der Waals surface area contributed by atoms with Gasteiger partial charge in [0.05, 0.1) is 11.6 Å². The number of fused-ring (bicyclic) bond motifs is 5. The van der Waals surface area contributed by atoms with E-state index in [2.05, 4.69) is 69.4 Å². The lowest BCUT2D eigenvalue weighted by Gasteiger charge is -2.67. The van der Waals surface area contributed by atoms with Crippen molar-refractivity contribution in [2.24, 2.45) is 17.3 Å². The van der Waals surface area contributed by atoms with E-state index >= 15 is 0 Å². The van der Waals surface area contributed by atoms with Crippen LogP contribution in [0.5, 0.6) is 0 Å². The monoisotopic (exact) mass is 369 g/mol. The lowest BCUT2D eigenvalue weighted by Crippen LogP contribution is -2.68. The van der Waals surface area contributed by atoms with Crippen LogP contribution in [0, 0.1) is 17.3 Å². The van der Waals surface area contributed by atoms with Crippen molar-refractivity contribution in [1.82, 2.24) is 4.90 Å². The van der Waals surface area contributed by atoms with Crippen LogP contribution in [0.25, 0.3) is 0 Å². The largest absolute Gasteiger partial charge is 0.360 e. The van der Waals surface area contributed by atoms with Gasteiger partial charge in [-0.05, 0) is 67.8 Å². The molecule has 4 aliphatic rings. The fraction of sp³-hybridized carbons (Fsp3) is 0.667. The summed E-state index contributed by atoms with van der Waals surface area (Å²) in [6.07, 6.45) is 22.4. The Balaban J connectivity index is 1.86. The lowest BCUT2D eigenvalue weighted by atomic mass is 9.49. The second-order valence-electron chi connectivity index (χ2n) is 9.04. The van der Waals surface area contributed by atoms with Crippen molar-refractivity contribution >= 4 is 11.8 Å². The van der Waals surface area contributed by atoms with Gasteiger partial charge in [-0.2, -0.15) is 0 Å². The van der Waals surface area contributed by atoms with Gasteiger partial charge in [0.25, 0.3) is 0 Å². The molecule has 0 radical (unpaired) electrons. The SMILES string of the molecule is CCC12C=CC1(CC)N1C=C(SC)C(CC(C)C)CC1C1=C2C=CCC1. The van der Waals surface area contributed by atoms with Crippen molar-refractivity contribution in [3.8, 4) is 0 Å². The molecule has 26 heavy (non-hydrogen) atoms. The van der Waals surface area contributed by atoms with Gasteiger partial charge in [0.15, 0.2) is 0 Å². The second kappa shape index (κ2) is 6.62. The van der Waals surface area contributed by atoms with Gasteiger partial charge in [-0.1, -0.05) is 52.0 Å². The number of allylic oxidation sites excluding steroid dienone is 3. The van der Waals surface area contributed by atoms with E-state index in [1.165, 1.54) is 38.5 Å². The maximum Gasteiger partial charge on any atom is 0.0714 e. The van der Waals surface area contributed by atoms with Crippen molar-refractivity contribution in [2.75, 3.05) is 6.26 Å². The summed E-state index contributed by atoms with van der Waals surface area (Å²) < 4.78 is 0. The molecule has 0 spiro atoms. The van der Waals surface area contributed by atoms with E-state index in [0.717, 1.165) is 11.8 Å². The first-order valence-electron chi connectivity index (χ1n) is 10.7. The fourth-order valence-corrected chi connectivity index (χ4v) is 7.09. The van der Waals surface area contributed by atoms with Crippen LogP contribution in [0.4, 0.5) is 0 Å². The predicted molar refractivity (Wildman–Crippen MR) is 115 cm³/mol. The molecule has 2 heterocycles. The van der Waals surface area contributed by atoms with Gasteiger partial charge >= 0.3 is 0 Å². The minimum Gasteiger partial charge on any atom is -0.360 e. The summed E-state index contributed by atoms with van der Waals surface area (Å²) in [6.45, 7) is 9.55. The molecule has 0 bridgehead atoms. The van der Waals surface area contributed by atoms with Crippen LogP contribution in [-0.2, 0) is 0 Å². The van der Waals surface area contributed by atoms with E-state index in [4.69, 9.17) is 0 Å². The van der Waals surface area contributed by atoms with Crippen molar-refractivity contribution in [2.45, 2.75) is 77.8 Å². The van der Waals surface area contributed by atoms with E-state index in [9.17, 15) is 0 Å². The molecule has 2 heteroatoms. The zero-order valence-electron chi connectivity index (χ0n) is 17.2. The summed E-state index contributed by atoms with van der Waals surface area (Å²) in [7, 11) is 0. The predicted octanol–water partition coefficient (Wildman–Crippen LogP) is 6.70. The Hall–Kier alpha value is -0.890. The smallest absolute Gasteiger partial charge is 0.0714 e. The number of thioether (sulfide) groups is 1. The second-order valence-corrected chi connectivity index (χ2v) is 9.92. The Kier molecular flexibility index (Phi) is 4.70. The highest BCUT2D eigenvalue weighted by atomic mass is 32.2. The van der Waals surface area contributed by atoms with E-state index in [1.807, 2.05) is 11.8 Å². The highest BCUT2D eigenvalue weighted by Gasteiger charge is 2.62. The number of hydrogen-bond donors (Lipinski definition) is 0. The third-order valence-electron chi connectivity index (χ3n) is 7.57. The van der Waals surface area contributed by atoms with Gasteiger partial charge in [0.2, 0.25) is 0 Å². The first-order chi connectivity index (χ1) is 12.5. The average molecular weight is 370 g/mol. The molecule has 0 saturated heterocycles. The van der Waals surface area contributed by atoms with Crippen LogP contribution in [0.15, 0.2) is 46.6 Å². The van der Waals surface area contributed by atoms with Gasteiger partial charge < -0.3 is 4.90 Å². The lowest BCUT2D eigenvalue weighted by molar-refractivity contribution is 0.00486. The Bertz CT molecular complexity index is 697. The van der Waals surface area contributed by atoms with E-state index in [1.54, 1.807) is 16.1 Å². The Labute approximate surface area is 164 Å². The number of nitrogens with zero attached hydrogens (tertiary/aromatic N) is 1. The molecule has 0 N–H and O–H groups in total. The van der Waals surface area contributed by atoms with Crippen molar-refractivity contribution < 1.29 is 0 Å². The van der Waals surface area contributed by atoms with Crippen LogP contribution >= 0.6 is 11.8 Å². The molecule has 0 fully saturated rings. The Morgan fingerprint density at radius 2 is 2.04 bits per heavy atom. The van der Waals surface area contributed by atoms with Gasteiger partial charge in [-0.25, -0.2) is 0 Å². The summed E-state index contributed by atoms with van der Waals surface area (Å²) in [6, 6.07) is 0.610. The molecule has 0 saturated carbocycles. The molecule has 0 aromatic rings. The molecule has 0 aromatic heterocycles. The van der Waals surface area contributed by atoms with Crippen LogP contribution in [0.3, 0.4) is 0 Å². The highest BCUT2D eigenvalue weighted by Crippen LogP contribution is 2.63. The van der Waals surface area contributed by atoms with Crippen molar-refractivity contribution in [3.05, 3.63) is 46.6 Å². The topological polar surface area (TPSA) is 3.24 Å². The van der Waals surface area contributed by atoms with Crippen LogP contribution in [0.1, 0.15) is 66.2 Å². The zero-order valence-corrected chi connectivity index (χ0v) is 18.0. The third kappa shape index (κ3) is 2.30. The quantitative estimate of drug-likeness (QED) is 0.496. The highest BCUT2D eigenvalue weighted by molar-refractivity contribution is 8.02. The molecule has 2 aliphatic heterocycles. The Morgan fingerprint density at radius 3 is 2.62 bits per heavy atom. The summed E-state index contributed by atoms with van der Waals surface area (Å²) in [4.78, 5) is 4.43. The molecular formula is C24H35NS. The third-order valence-corrected chi connectivity index (χ3v) is 8.48. The maximum atomic E-state index is 2.82. The van der Waals surface area contributed by atoms with Crippen LogP contribution in [-0.4, -0.2) is 22.7 Å². The zero-order chi connectivity index (χ0) is 18.5. The fourth-order valence-electron chi connectivity index (χ4n) is 6.35. The summed E-state index contributed by atoms with van der Waals surface area (Å²) in [5, 5.41) is 0. The minimum atomic E-state index is 0.191. The first-order valence-corrected chi connectivity index (χ1v) is 11.9. The maximum absolute atomic E-state index is 2.82.